The van der Waals surface area contributed by atoms with Gasteiger partial charge in [0.25, 0.3) is 0 Å². The summed E-state index contributed by atoms with van der Waals surface area (Å²) in [5.74, 6) is -0.0869. The predicted molar refractivity (Wildman–Crippen MR) is 114 cm³/mol. The fourth-order valence-electron chi connectivity index (χ4n) is 3.34. The van der Waals surface area contributed by atoms with Crippen molar-refractivity contribution in [3.8, 4) is 0 Å². The molecule has 9 nitrogen and oxygen atoms in total. The molecule has 1 N–H and O–H groups in total. The molecule has 1 fully saturated rings. The van der Waals surface area contributed by atoms with Gasteiger partial charge in [0.05, 0.1) is 29.3 Å². The summed E-state index contributed by atoms with van der Waals surface area (Å²) in [6.45, 7) is 3.67. The highest BCUT2D eigenvalue weighted by Crippen LogP contribution is 2.27. The zero-order valence-corrected chi connectivity index (χ0v) is 18.8. The number of furan rings is 1. The molecule has 0 spiro atoms. The highest BCUT2D eigenvalue weighted by Gasteiger charge is 2.28. The summed E-state index contributed by atoms with van der Waals surface area (Å²) in [5.41, 5.74) is 0.361. The fraction of sp³-hybridized carbons (Fsp3) is 0.400. The van der Waals surface area contributed by atoms with Crippen LogP contribution < -0.4 is 5.32 Å². The number of hydrogen-bond acceptors (Lipinski definition) is 7. The quantitative estimate of drug-likeness (QED) is 0.647. The van der Waals surface area contributed by atoms with E-state index in [0.29, 0.717) is 50.6 Å². The average Bonchev–Trinajstić information content (AvgIpc) is 3.05. The van der Waals surface area contributed by atoms with E-state index in [1.54, 1.807) is 12.1 Å². The maximum Gasteiger partial charge on any atom is 0.373 e. The average molecular weight is 470 g/mol. The summed E-state index contributed by atoms with van der Waals surface area (Å²) in [6, 6.07) is 7.54. The lowest BCUT2D eigenvalue weighted by Crippen LogP contribution is -2.35. The maximum absolute atomic E-state index is 13.1. The lowest BCUT2D eigenvalue weighted by molar-refractivity contribution is -0.114. The summed E-state index contributed by atoms with van der Waals surface area (Å²) >= 11 is 6.15. The number of methoxy groups -OCH3 is 1. The zero-order valence-electron chi connectivity index (χ0n) is 17.3. The van der Waals surface area contributed by atoms with Gasteiger partial charge in [-0.3, -0.25) is 9.69 Å². The van der Waals surface area contributed by atoms with E-state index in [0.717, 1.165) is 0 Å². The highest BCUT2D eigenvalue weighted by atomic mass is 35.5. The van der Waals surface area contributed by atoms with Gasteiger partial charge in [-0.15, -0.1) is 0 Å². The number of benzene rings is 1. The van der Waals surface area contributed by atoms with Crippen molar-refractivity contribution in [2.75, 3.05) is 38.6 Å². The molecule has 3 rings (SSSR count). The molecule has 0 bridgehead atoms. The Kier molecular flexibility index (Phi) is 7.37. The Bertz CT molecular complexity index is 1070. The van der Waals surface area contributed by atoms with Crippen molar-refractivity contribution in [2.45, 2.75) is 24.8 Å². The molecular weight excluding hydrogens is 446 g/mol. The van der Waals surface area contributed by atoms with Gasteiger partial charge in [0.1, 0.15) is 5.76 Å². The van der Waals surface area contributed by atoms with E-state index in [4.69, 9.17) is 16.0 Å². The third kappa shape index (κ3) is 5.65. The third-order valence-corrected chi connectivity index (χ3v) is 7.07. The number of amides is 1. The topological polar surface area (TPSA) is 109 Å². The summed E-state index contributed by atoms with van der Waals surface area (Å²) < 4.78 is 37.8. The number of esters is 1. The van der Waals surface area contributed by atoms with E-state index >= 15 is 0 Å². The first-order valence-corrected chi connectivity index (χ1v) is 11.5. The van der Waals surface area contributed by atoms with Crippen molar-refractivity contribution < 1.29 is 27.2 Å². The standard InChI is InChI=1S/C20H24ClN3O6S/c1-14(25)22-18-6-5-16(12-17(18)21)31(27,28)24-9-3-8-23(10-11-24)13-15-4-7-19(30-15)20(26)29-2/h4-7,12H,3,8-11,13H2,1-2H3,(H,22,25). The number of nitrogens with one attached hydrogen (secondary N) is 1. The second kappa shape index (κ2) is 9.82. The van der Waals surface area contributed by atoms with Crippen LogP contribution in [0.5, 0.6) is 0 Å². The molecule has 2 heterocycles. The predicted octanol–water partition coefficient (Wildman–Crippen LogP) is 2.57. The van der Waals surface area contributed by atoms with Gasteiger partial charge < -0.3 is 14.5 Å². The van der Waals surface area contributed by atoms with Gasteiger partial charge >= 0.3 is 5.97 Å². The van der Waals surface area contributed by atoms with Crippen LogP contribution in [0.1, 0.15) is 29.7 Å². The molecule has 1 aromatic carbocycles. The largest absolute Gasteiger partial charge is 0.463 e. The van der Waals surface area contributed by atoms with E-state index < -0.39 is 16.0 Å². The van der Waals surface area contributed by atoms with Crippen LogP contribution in [0.25, 0.3) is 0 Å². The van der Waals surface area contributed by atoms with E-state index in [1.165, 1.54) is 36.5 Å². The molecule has 0 aliphatic carbocycles. The van der Waals surface area contributed by atoms with Crippen LogP contribution in [0.4, 0.5) is 5.69 Å². The van der Waals surface area contributed by atoms with Crippen LogP contribution in [-0.4, -0.2) is 62.8 Å². The number of rotatable bonds is 6. The molecule has 1 aliphatic heterocycles. The van der Waals surface area contributed by atoms with Gasteiger partial charge in [-0.05, 0) is 43.3 Å². The first-order chi connectivity index (χ1) is 14.7. The molecule has 0 saturated carbocycles. The minimum Gasteiger partial charge on any atom is -0.463 e. The summed E-state index contributed by atoms with van der Waals surface area (Å²) in [4.78, 5) is 24.9. The Morgan fingerprint density at radius 1 is 1.16 bits per heavy atom. The number of carbonyl (C=O) groups is 2. The minimum atomic E-state index is -3.73. The second-order valence-electron chi connectivity index (χ2n) is 7.11. The monoisotopic (exact) mass is 469 g/mol. The van der Waals surface area contributed by atoms with Gasteiger partial charge in [0, 0.05) is 26.6 Å². The highest BCUT2D eigenvalue weighted by molar-refractivity contribution is 7.89. The van der Waals surface area contributed by atoms with Crippen molar-refractivity contribution in [3.05, 3.63) is 46.9 Å². The molecule has 2 aromatic rings. The summed E-state index contributed by atoms with van der Waals surface area (Å²) in [5, 5.41) is 2.72. The fourth-order valence-corrected chi connectivity index (χ4v) is 5.12. The van der Waals surface area contributed by atoms with Gasteiger partial charge in [-0.25, -0.2) is 13.2 Å². The number of sulfonamides is 1. The number of halogens is 1. The molecule has 168 valence electrons. The van der Waals surface area contributed by atoms with Crippen molar-refractivity contribution in [1.29, 1.82) is 0 Å². The molecule has 1 saturated heterocycles. The lowest BCUT2D eigenvalue weighted by atomic mass is 10.3. The van der Waals surface area contributed by atoms with E-state index in [1.807, 2.05) is 0 Å². The molecule has 11 heteroatoms. The molecule has 0 radical (unpaired) electrons. The van der Waals surface area contributed by atoms with Gasteiger partial charge in [0.2, 0.25) is 21.7 Å². The molecule has 0 unspecified atom stereocenters. The van der Waals surface area contributed by atoms with Crippen LogP contribution in [0.15, 0.2) is 39.6 Å². The van der Waals surface area contributed by atoms with E-state index in [9.17, 15) is 18.0 Å². The Hall–Kier alpha value is -2.40. The summed E-state index contributed by atoms with van der Waals surface area (Å²) in [7, 11) is -2.45. The van der Waals surface area contributed by atoms with Crippen LogP contribution in [0.2, 0.25) is 5.02 Å². The molecule has 1 amide bonds. The van der Waals surface area contributed by atoms with Crippen molar-refractivity contribution in [3.63, 3.8) is 0 Å². The van der Waals surface area contributed by atoms with Gasteiger partial charge in [0.15, 0.2) is 0 Å². The third-order valence-electron chi connectivity index (χ3n) is 4.86. The Balaban J connectivity index is 1.66. The van der Waals surface area contributed by atoms with Gasteiger partial charge in [-0.2, -0.15) is 4.31 Å². The van der Waals surface area contributed by atoms with Crippen LogP contribution in [-0.2, 0) is 26.1 Å². The number of nitrogens with zero attached hydrogens (tertiary/aromatic N) is 2. The minimum absolute atomic E-state index is 0.0776. The first-order valence-electron chi connectivity index (χ1n) is 9.67. The summed E-state index contributed by atoms with van der Waals surface area (Å²) in [6.07, 6.45) is 0.640. The maximum atomic E-state index is 13.1. The zero-order chi connectivity index (χ0) is 22.6. The molecule has 1 aliphatic rings. The Morgan fingerprint density at radius 2 is 1.94 bits per heavy atom. The molecule has 0 atom stereocenters. The van der Waals surface area contributed by atoms with Crippen LogP contribution in [0.3, 0.4) is 0 Å². The van der Waals surface area contributed by atoms with Crippen molar-refractivity contribution >= 4 is 39.2 Å². The molecular formula is C20H24ClN3O6S. The Labute approximate surface area is 185 Å². The number of anilines is 1. The normalized spacial score (nSPS) is 16.0. The molecule has 31 heavy (non-hydrogen) atoms. The first kappa shape index (κ1) is 23.3. The second-order valence-corrected chi connectivity index (χ2v) is 9.46. The Morgan fingerprint density at radius 3 is 2.61 bits per heavy atom. The smallest absolute Gasteiger partial charge is 0.373 e. The van der Waals surface area contributed by atoms with Gasteiger partial charge in [-0.1, -0.05) is 11.6 Å². The molecule has 1 aromatic heterocycles. The van der Waals surface area contributed by atoms with Crippen LogP contribution >= 0.6 is 11.6 Å². The van der Waals surface area contributed by atoms with Crippen molar-refractivity contribution in [2.24, 2.45) is 0 Å². The number of carbonyl (C=O) groups excluding carboxylic acids is 2. The van der Waals surface area contributed by atoms with Crippen molar-refractivity contribution in [1.82, 2.24) is 9.21 Å². The van der Waals surface area contributed by atoms with E-state index in [2.05, 4.69) is 15.0 Å². The van der Waals surface area contributed by atoms with E-state index in [-0.39, 0.29) is 21.6 Å². The van der Waals surface area contributed by atoms with Crippen LogP contribution in [0, 0.1) is 0 Å². The lowest BCUT2D eigenvalue weighted by Gasteiger charge is -2.21. The number of hydrogen-bond donors (Lipinski definition) is 1. The SMILES string of the molecule is COC(=O)c1ccc(CN2CCCN(S(=O)(=O)c3ccc(NC(C)=O)c(Cl)c3)CC2)o1. The number of ether oxygens (including phenoxy) is 1.